The Morgan fingerprint density at radius 3 is 2.50 bits per heavy atom. The molecule has 5 rings (SSSR count). The SMILES string of the molecule is O=C(O)c1ccccc1[C@@H]1Nc2ccc(-c3ccccc3)cc2[C@@H]2C=CC[C@@H]21. The second-order valence-electron chi connectivity index (χ2n) is 7.54. The molecule has 28 heavy (non-hydrogen) atoms. The molecular formula is C25H21NO2. The fraction of sp³-hybridized carbons (Fsp3) is 0.160. The fourth-order valence-corrected chi connectivity index (χ4v) is 4.68. The van der Waals surface area contributed by atoms with Gasteiger partial charge in [-0.15, -0.1) is 0 Å². The molecule has 2 N–H and O–H groups in total. The maximum atomic E-state index is 11.8. The zero-order valence-corrected chi connectivity index (χ0v) is 15.4. The first-order valence-corrected chi connectivity index (χ1v) is 9.67. The van der Waals surface area contributed by atoms with Crippen LogP contribution in [0.1, 0.15) is 39.9 Å². The van der Waals surface area contributed by atoms with Crippen LogP contribution in [0.15, 0.2) is 84.9 Å². The molecule has 0 amide bonds. The zero-order valence-electron chi connectivity index (χ0n) is 15.4. The summed E-state index contributed by atoms with van der Waals surface area (Å²) in [5.41, 5.74) is 6.06. The van der Waals surface area contributed by atoms with Gasteiger partial charge >= 0.3 is 5.97 Å². The van der Waals surface area contributed by atoms with Crippen LogP contribution in [0.4, 0.5) is 5.69 Å². The van der Waals surface area contributed by atoms with E-state index >= 15 is 0 Å². The quantitative estimate of drug-likeness (QED) is 0.569. The van der Waals surface area contributed by atoms with Crippen molar-refractivity contribution in [1.29, 1.82) is 0 Å². The molecule has 138 valence electrons. The summed E-state index contributed by atoms with van der Waals surface area (Å²) in [7, 11) is 0. The zero-order chi connectivity index (χ0) is 19.1. The van der Waals surface area contributed by atoms with E-state index in [1.807, 2.05) is 18.2 Å². The summed E-state index contributed by atoms with van der Waals surface area (Å²) in [5.74, 6) is -0.254. The van der Waals surface area contributed by atoms with E-state index in [1.54, 1.807) is 12.1 Å². The molecule has 3 aromatic carbocycles. The van der Waals surface area contributed by atoms with Crippen LogP contribution >= 0.6 is 0 Å². The number of carboxylic acid groups (broad SMARTS) is 1. The molecule has 1 aliphatic heterocycles. The van der Waals surface area contributed by atoms with Crippen molar-refractivity contribution in [2.24, 2.45) is 5.92 Å². The monoisotopic (exact) mass is 367 g/mol. The van der Waals surface area contributed by atoms with Gasteiger partial charge in [-0.2, -0.15) is 0 Å². The van der Waals surface area contributed by atoms with E-state index in [1.165, 1.54) is 16.7 Å². The maximum absolute atomic E-state index is 11.8. The predicted octanol–water partition coefficient (Wildman–Crippen LogP) is 5.88. The Morgan fingerprint density at radius 1 is 0.893 bits per heavy atom. The molecule has 0 radical (unpaired) electrons. The number of hydrogen-bond donors (Lipinski definition) is 2. The van der Waals surface area contributed by atoms with Crippen LogP contribution in [0.3, 0.4) is 0 Å². The van der Waals surface area contributed by atoms with E-state index < -0.39 is 5.97 Å². The lowest BCUT2D eigenvalue weighted by atomic mass is 9.75. The second kappa shape index (κ2) is 6.68. The van der Waals surface area contributed by atoms with Gasteiger partial charge in [-0.3, -0.25) is 0 Å². The lowest BCUT2D eigenvalue weighted by molar-refractivity contribution is 0.0694. The Hall–Kier alpha value is -3.33. The van der Waals surface area contributed by atoms with E-state index in [2.05, 4.69) is 59.9 Å². The first-order valence-electron chi connectivity index (χ1n) is 9.67. The molecule has 0 saturated carbocycles. The number of allylic oxidation sites excluding steroid dienone is 2. The minimum atomic E-state index is -0.870. The van der Waals surface area contributed by atoms with Crippen LogP contribution in [-0.2, 0) is 0 Å². The van der Waals surface area contributed by atoms with Crippen molar-refractivity contribution in [3.05, 3.63) is 102 Å². The Bertz CT molecular complexity index is 1070. The van der Waals surface area contributed by atoms with Crippen LogP contribution in [-0.4, -0.2) is 11.1 Å². The largest absolute Gasteiger partial charge is 0.478 e. The van der Waals surface area contributed by atoms with Gasteiger partial charge in [0.2, 0.25) is 0 Å². The van der Waals surface area contributed by atoms with Gasteiger partial charge in [-0.05, 0) is 52.8 Å². The van der Waals surface area contributed by atoms with E-state index in [0.29, 0.717) is 17.4 Å². The molecule has 1 aliphatic carbocycles. The minimum absolute atomic E-state index is 0.0117. The first kappa shape index (κ1) is 16.8. The number of carboxylic acids is 1. The van der Waals surface area contributed by atoms with Crippen molar-refractivity contribution in [2.75, 3.05) is 5.32 Å². The van der Waals surface area contributed by atoms with Crippen molar-refractivity contribution in [3.63, 3.8) is 0 Å². The van der Waals surface area contributed by atoms with Gasteiger partial charge in [0, 0.05) is 11.6 Å². The van der Waals surface area contributed by atoms with Gasteiger partial charge in [0.1, 0.15) is 0 Å². The third kappa shape index (κ3) is 2.71. The maximum Gasteiger partial charge on any atom is 0.336 e. The summed E-state index contributed by atoms with van der Waals surface area (Å²) in [4.78, 5) is 11.8. The molecular weight excluding hydrogens is 346 g/mol. The Kier molecular flexibility index (Phi) is 4.01. The number of rotatable bonds is 3. The van der Waals surface area contributed by atoms with Gasteiger partial charge in [-0.1, -0.05) is 66.7 Å². The van der Waals surface area contributed by atoms with Crippen molar-refractivity contribution < 1.29 is 9.90 Å². The van der Waals surface area contributed by atoms with Gasteiger partial charge in [0.05, 0.1) is 11.6 Å². The van der Waals surface area contributed by atoms with Gasteiger partial charge < -0.3 is 10.4 Å². The summed E-state index contributed by atoms with van der Waals surface area (Å²) >= 11 is 0. The van der Waals surface area contributed by atoms with Gasteiger partial charge in [-0.25, -0.2) is 4.79 Å². The molecule has 3 heteroatoms. The number of fused-ring (bicyclic) bond motifs is 3. The highest BCUT2D eigenvalue weighted by Crippen LogP contribution is 2.50. The number of hydrogen-bond acceptors (Lipinski definition) is 2. The third-order valence-corrected chi connectivity index (χ3v) is 6.00. The molecule has 3 nitrogen and oxygen atoms in total. The average molecular weight is 367 g/mol. The summed E-state index contributed by atoms with van der Waals surface area (Å²) in [6.45, 7) is 0. The van der Waals surface area contributed by atoms with E-state index in [4.69, 9.17) is 0 Å². The smallest absolute Gasteiger partial charge is 0.336 e. The molecule has 1 heterocycles. The van der Waals surface area contributed by atoms with Crippen molar-refractivity contribution >= 4 is 11.7 Å². The predicted molar refractivity (Wildman–Crippen MR) is 112 cm³/mol. The second-order valence-corrected chi connectivity index (χ2v) is 7.54. The standard InChI is InChI=1S/C25H21NO2/c27-25(28)21-10-5-4-9-20(21)24-19-12-6-11-18(19)22-15-17(13-14-23(22)26-24)16-7-2-1-3-8-16/h1-11,13-15,18-19,24,26H,12H2,(H,27,28)/t18-,19+,24-/m1/s1. The topological polar surface area (TPSA) is 49.3 Å². The molecule has 0 aromatic heterocycles. The number of nitrogens with one attached hydrogen (secondary N) is 1. The fourth-order valence-electron chi connectivity index (χ4n) is 4.68. The normalized spacial score (nSPS) is 22.2. The molecule has 2 aliphatic rings. The number of anilines is 1. The van der Waals surface area contributed by atoms with Gasteiger partial charge in [0.15, 0.2) is 0 Å². The summed E-state index contributed by atoms with van der Waals surface area (Å²) in [5, 5.41) is 13.3. The molecule has 0 saturated heterocycles. The first-order chi connectivity index (χ1) is 13.7. The minimum Gasteiger partial charge on any atom is -0.478 e. The van der Waals surface area contributed by atoms with Crippen molar-refractivity contribution in [1.82, 2.24) is 0 Å². The van der Waals surface area contributed by atoms with Crippen LogP contribution in [0, 0.1) is 5.92 Å². The summed E-state index contributed by atoms with van der Waals surface area (Å²) in [6, 6.07) is 24.3. The number of carbonyl (C=O) groups is 1. The van der Waals surface area contributed by atoms with Crippen molar-refractivity contribution in [3.8, 4) is 11.1 Å². The van der Waals surface area contributed by atoms with Crippen LogP contribution < -0.4 is 5.32 Å². The molecule has 0 fully saturated rings. The van der Waals surface area contributed by atoms with Crippen LogP contribution in [0.5, 0.6) is 0 Å². The molecule has 0 unspecified atom stereocenters. The lowest BCUT2D eigenvalue weighted by Gasteiger charge is -2.38. The Morgan fingerprint density at radius 2 is 1.68 bits per heavy atom. The lowest BCUT2D eigenvalue weighted by Crippen LogP contribution is -2.30. The highest BCUT2D eigenvalue weighted by Gasteiger charge is 2.39. The van der Waals surface area contributed by atoms with Crippen molar-refractivity contribution in [2.45, 2.75) is 18.4 Å². The molecule has 3 atom stereocenters. The Balaban J connectivity index is 1.59. The van der Waals surface area contributed by atoms with E-state index in [0.717, 1.165) is 17.7 Å². The van der Waals surface area contributed by atoms with Crippen LogP contribution in [0.25, 0.3) is 11.1 Å². The summed E-state index contributed by atoms with van der Waals surface area (Å²) < 4.78 is 0. The average Bonchev–Trinajstić information content (AvgIpc) is 3.24. The Labute approximate surface area is 164 Å². The molecule has 0 bridgehead atoms. The van der Waals surface area contributed by atoms with Crippen LogP contribution in [0.2, 0.25) is 0 Å². The highest BCUT2D eigenvalue weighted by molar-refractivity contribution is 5.90. The summed E-state index contributed by atoms with van der Waals surface area (Å²) in [6.07, 6.45) is 5.47. The van der Waals surface area contributed by atoms with Gasteiger partial charge in [0.25, 0.3) is 0 Å². The van der Waals surface area contributed by atoms with E-state index in [-0.39, 0.29) is 6.04 Å². The highest BCUT2D eigenvalue weighted by atomic mass is 16.4. The third-order valence-electron chi connectivity index (χ3n) is 6.00. The molecule has 3 aromatic rings. The number of aromatic carboxylic acids is 1. The number of benzene rings is 3. The van der Waals surface area contributed by atoms with E-state index in [9.17, 15) is 9.90 Å². The molecule has 0 spiro atoms.